The Bertz CT molecular complexity index is 533. The van der Waals surface area contributed by atoms with Gasteiger partial charge in [-0.3, -0.25) is 4.79 Å². The van der Waals surface area contributed by atoms with Crippen molar-refractivity contribution in [2.45, 2.75) is 59.0 Å². The Labute approximate surface area is 138 Å². The van der Waals surface area contributed by atoms with Crippen LogP contribution in [0.3, 0.4) is 0 Å². The number of urea groups is 1. The van der Waals surface area contributed by atoms with E-state index in [4.69, 9.17) is 4.74 Å². The van der Waals surface area contributed by atoms with Gasteiger partial charge in [0.2, 0.25) is 0 Å². The number of benzene rings is 1. The highest BCUT2D eigenvalue weighted by Crippen LogP contribution is 2.23. The minimum Gasteiger partial charge on any atom is -0.460 e. The summed E-state index contributed by atoms with van der Waals surface area (Å²) in [6.07, 6.45) is 0.842. The van der Waals surface area contributed by atoms with Crippen molar-refractivity contribution in [3.05, 3.63) is 29.8 Å². The van der Waals surface area contributed by atoms with Gasteiger partial charge in [-0.05, 0) is 44.7 Å². The number of nitrogens with one attached hydrogen (secondary N) is 2. The Hall–Kier alpha value is -2.04. The molecule has 0 bridgehead atoms. The van der Waals surface area contributed by atoms with Crippen molar-refractivity contribution >= 4 is 17.7 Å². The lowest BCUT2D eigenvalue weighted by atomic mass is 10.0. The summed E-state index contributed by atoms with van der Waals surface area (Å²) in [6.45, 7) is 10.1. The van der Waals surface area contributed by atoms with Gasteiger partial charge in [-0.15, -0.1) is 0 Å². The first-order valence-corrected chi connectivity index (χ1v) is 8.04. The van der Waals surface area contributed by atoms with Crippen molar-refractivity contribution in [2.75, 3.05) is 11.9 Å². The topological polar surface area (TPSA) is 67.4 Å². The molecule has 0 radical (unpaired) electrons. The molecule has 0 unspecified atom stereocenters. The zero-order chi connectivity index (χ0) is 17.5. The molecule has 23 heavy (non-hydrogen) atoms. The van der Waals surface area contributed by atoms with Crippen LogP contribution < -0.4 is 10.6 Å². The first kappa shape index (κ1) is 19.0. The maximum atomic E-state index is 11.9. The number of hydrogen-bond donors (Lipinski definition) is 2. The van der Waals surface area contributed by atoms with Crippen LogP contribution in [0.1, 0.15) is 58.9 Å². The van der Waals surface area contributed by atoms with Crippen LogP contribution in [-0.2, 0) is 9.53 Å². The van der Waals surface area contributed by atoms with Crippen LogP contribution in [0.2, 0.25) is 0 Å². The molecule has 5 heteroatoms. The number of ether oxygens (including phenoxy) is 1. The Morgan fingerprint density at radius 1 is 1.17 bits per heavy atom. The predicted octanol–water partition coefficient (Wildman–Crippen LogP) is 4.05. The first-order chi connectivity index (χ1) is 10.7. The number of carbonyl (C=O) groups is 2. The molecule has 0 saturated heterocycles. The molecule has 0 heterocycles. The summed E-state index contributed by atoms with van der Waals surface area (Å²) < 4.78 is 5.22. The number of amides is 2. The summed E-state index contributed by atoms with van der Waals surface area (Å²) in [5.74, 6) is 0.0866. The van der Waals surface area contributed by atoms with Crippen molar-refractivity contribution in [2.24, 2.45) is 0 Å². The van der Waals surface area contributed by atoms with Crippen LogP contribution in [0.15, 0.2) is 24.3 Å². The van der Waals surface area contributed by atoms with E-state index in [0.717, 1.165) is 11.3 Å². The third kappa shape index (κ3) is 7.68. The summed E-state index contributed by atoms with van der Waals surface area (Å²) in [4.78, 5) is 23.5. The maximum absolute atomic E-state index is 11.9. The molecule has 1 aromatic rings. The molecule has 0 aromatic heterocycles. The van der Waals surface area contributed by atoms with Crippen LogP contribution in [0.4, 0.5) is 10.5 Å². The molecular weight excluding hydrogens is 292 g/mol. The zero-order valence-electron chi connectivity index (χ0n) is 14.7. The Morgan fingerprint density at radius 2 is 1.83 bits per heavy atom. The summed E-state index contributed by atoms with van der Waals surface area (Å²) in [7, 11) is 0. The standard InChI is InChI=1S/C18H28N2O3/c1-13(2)14-9-6-7-10-15(14)20-17(22)19-12-8-11-16(21)23-18(3,4)5/h6-7,9-10,13H,8,11-12H2,1-5H3,(H2,19,20,22). The average Bonchev–Trinajstić information content (AvgIpc) is 2.42. The smallest absolute Gasteiger partial charge is 0.319 e. The van der Waals surface area contributed by atoms with Crippen molar-refractivity contribution < 1.29 is 14.3 Å². The van der Waals surface area contributed by atoms with Gasteiger partial charge in [0.05, 0.1) is 0 Å². The number of esters is 1. The normalized spacial score (nSPS) is 11.2. The van der Waals surface area contributed by atoms with E-state index in [1.807, 2.05) is 45.0 Å². The Kier molecular flexibility index (Phi) is 7.07. The monoisotopic (exact) mass is 320 g/mol. The van der Waals surface area contributed by atoms with Crippen LogP contribution in [0.25, 0.3) is 0 Å². The molecule has 0 aliphatic heterocycles. The van der Waals surface area contributed by atoms with E-state index in [1.165, 1.54) is 0 Å². The highest BCUT2D eigenvalue weighted by Gasteiger charge is 2.15. The molecule has 0 saturated carbocycles. The minimum atomic E-state index is -0.470. The fourth-order valence-electron chi connectivity index (χ4n) is 2.11. The molecule has 128 valence electrons. The number of rotatable bonds is 6. The second kappa shape index (κ2) is 8.56. The van der Waals surface area contributed by atoms with Crippen LogP contribution in [-0.4, -0.2) is 24.1 Å². The number of anilines is 1. The van der Waals surface area contributed by atoms with Gasteiger partial charge in [-0.25, -0.2) is 4.79 Å². The highest BCUT2D eigenvalue weighted by molar-refractivity contribution is 5.90. The maximum Gasteiger partial charge on any atom is 0.319 e. The summed E-state index contributed by atoms with van der Waals surface area (Å²) in [5, 5.41) is 5.61. The largest absolute Gasteiger partial charge is 0.460 e. The lowest BCUT2D eigenvalue weighted by Gasteiger charge is -2.19. The first-order valence-electron chi connectivity index (χ1n) is 8.04. The third-order valence-electron chi connectivity index (χ3n) is 3.09. The molecule has 0 spiro atoms. The quantitative estimate of drug-likeness (QED) is 0.613. The van der Waals surface area contributed by atoms with E-state index < -0.39 is 5.60 Å². The molecule has 0 atom stereocenters. The van der Waals surface area contributed by atoms with Crippen molar-refractivity contribution in [3.8, 4) is 0 Å². The second-order valence-electron chi connectivity index (χ2n) is 6.81. The fraction of sp³-hybridized carbons (Fsp3) is 0.556. The molecule has 0 aliphatic rings. The second-order valence-corrected chi connectivity index (χ2v) is 6.81. The van der Waals surface area contributed by atoms with E-state index in [9.17, 15) is 9.59 Å². The van der Waals surface area contributed by atoms with E-state index in [1.54, 1.807) is 0 Å². The molecule has 0 fully saturated rings. The van der Waals surface area contributed by atoms with Crippen molar-refractivity contribution in [1.29, 1.82) is 0 Å². The van der Waals surface area contributed by atoms with Gasteiger partial charge in [-0.1, -0.05) is 32.0 Å². The Balaban J connectivity index is 2.34. The highest BCUT2D eigenvalue weighted by atomic mass is 16.6. The zero-order valence-corrected chi connectivity index (χ0v) is 14.7. The van der Waals surface area contributed by atoms with E-state index in [-0.39, 0.29) is 12.0 Å². The van der Waals surface area contributed by atoms with Crippen molar-refractivity contribution in [1.82, 2.24) is 5.32 Å². The summed E-state index contributed by atoms with van der Waals surface area (Å²) in [5.41, 5.74) is 1.44. The van der Waals surface area contributed by atoms with E-state index in [2.05, 4.69) is 24.5 Å². The lowest BCUT2D eigenvalue weighted by molar-refractivity contribution is -0.154. The molecule has 2 amide bonds. The number of para-hydroxylation sites is 1. The SMILES string of the molecule is CC(C)c1ccccc1NC(=O)NCCCC(=O)OC(C)(C)C. The van der Waals surface area contributed by atoms with E-state index in [0.29, 0.717) is 25.3 Å². The number of carbonyl (C=O) groups excluding carboxylic acids is 2. The predicted molar refractivity (Wildman–Crippen MR) is 92.6 cm³/mol. The molecule has 1 rings (SSSR count). The fourth-order valence-corrected chi connectivity index (χ4v) is 2.11. The number of hydrogen-bond acceptors (Lipinski definition) is 3. The van der Waals surface area contributed by atoms with Gasteiger partial charge in [-0.2, -0.15) is 0 Å². The van der Waals surface area contributed by atoms with Gasteiger partial charge in [0.15, 0.2) is 0 Å². The minimum absolute atomic E-state index is 0.245. The van der Waals surface area contributed by atoms with Gasteiger partial charge in [0.1, 0.15) is 5.60 Å². The van der Waals surface area contributed by atoms with Gasteiger partial charge >= 0.3 is 12.0 Å². The van der Waals surface area contributed by atoms with Gasteiger partial charge < -0.3 is 15.4 Å². The molecule has 5 nitrogen and oxygen atoms in total. The molecule has 2 N–H and O–H groups in total. The van der Waals surface area contributed by atoms with Gasteiger partial charge in [0.25, 0.3) is 0 Å². The molecule has 0 aliphatic carbocycles. The molecular formula is C18H28N2O3. The lowest BCUT2D eigenvalue weighted by Crippen LogP contribution is -2.30. The van der Waals surface area contributed by atoms with Crippen LogP contribution in [0, 0.1) is 0 Å². The van der Waals surface area contributed by atoms with Gasteiger partial charge in [0, 0.05) is 18.7 Å². The third-order valence-corrected chi connectivity index (χ3v) is 3.09. The van der Waals surface area contributed by atoms with Crippen LogP contribution in [0.5, 0.6) is 0 Å². The van der Waals surface area contributed by atoms with Crippen molar-refractivity contribution in [3.63, 3.8) is 0 Å². The average molecular weight is 320 g/mol. The van der Waals surface area contributed by atoms with E-state index >= 15 is 0 Å². The summed E-state index contributed by atoms with van der Waals surface area (Å²) in [6, 6.07) is 7.48. The Morgan fingerprint density at radius 3 is 2.43 bits per heavy atom. The van der Waals surface area contributed by atoms with Crippen LogP contribution >= 0.6 is 0 Å². The molecule has 1 aromatic carbocycles. The summed E-state index contributed by atoms with van der Waals surface area (Å²) >= 11 is 0.